The zero-order chi connectivity index (χ0) is 20.1. The molecule has 3 nitrogen and oxygen atoms in total. The third-order valence-corrected chi connectivity index (χ3v) is 7.54. The Balaban J connectivity index is 1.26. The van der Waals surface area contributed by atoms with Gasteiger partial charge < -0.3 is 10.1 Å². The Hall–Kier alpha value is -1.43. The Morgan fingerprint density at radius 2 is 1.79 bits per heavy atom. The normalized spacial score (nSPS) is 24.5. The van der Waals surface area contributed by atoms with Crippen molar-refractivity contribution < 1.29 is 4.74 Å². The van der Waals surface area contributed by atoms with Crippen LogP contribution >= 0.6 is 28.1 Å². The number of anilines is 1. The van der Waals surface area contributed by atoms with Crippen LogP contribution in [0.3, 0.4) is 0 Å². The summed E-state index contributed by atoms with van der Waals surface area (Å²) in [6, 6.07) is 19.0. The van der Waals surface area contributed by atoms with Crippen molar-refractivity contribution in [1.29, 1.82) is 0 Å². The van der Waals surface area contributed by atoms with Crippen LogP contribution in [-0.2, 0) is 4.74 Å². The second-order valence-corrected chi connectivity index (χ2v) is 9.47. The van der Waals surface area contributed by atoms with Gasteiger partial charge in [0.2, 0.25) is 0 Å². The van der Waals surface area contributed by atoms with E-state index in [1.54, 1.807) is 0 Å². The summed E-state index contributed by atoms with van der Waals surface area (Å²) in [7, 11) is 0. The summed E-state index contributed by atoms with van der Waals surface area (Å²) in [4.78, 5) is 2.68. The molecule has 1 aliphatic heterocycles. The van der Waals surface area contributed by atoms with Crippen molar-refractivity contribution in [3.8, 4) is 0 Å². The molecule has 0 amide bonds. The minimum absolute atomic E-state index is 0.381. The molecule has 2 aromatic carbocycles. The van der Waals surface area contributed by atoms with E-state index in [-0.39, 0.29) is 0 Å². The van der Waals surface area contributed by atoms with Crippen LogP contribution in [0.15, 0.2) is 59.1 Å². The van der Waals surface area contributed by atoms with Crippen LogP contribution in [0.1, 0.15) is 50.0 Å². The van der Waals surface area contributed by atoms with Crippen LogP contribution in [0.25, 0.3) is 0 Å². The van der Waals surface area contributed by atoms with Gasteiger partial charge in [0.15, 0.2) is 0 Å². The number of nitrogens with zero attached hydrogens (tertiary/aromatic N) is 1. The van der Waals surface area contributed by atoms with Crippen molar-refractivity contribution in [3.63, 3.8) is 0 Å². The first-order valence-corrected chi connectivity index (χ1v) is 11.8. The molecule has 4 rings (SSSR count). The molecule has 1 saturated heterocycles. The van der Waals surface area contributed by atoms with E-state index in [9.17, 15) is 0 Å². The van der Waals surface area contributed by atoms with E-state index >= 15 is 0 Å². The van der Waals surface area contributed by atoms with Crippen molar-refractivity contribution in [2.24, 2.45) is 0 Å². The van der Waals surface area contributed by atoms with Gasteiger partial charge >= 0.3 is 0 Å². The monoisotopic (exact) mass is 472 g/mol. The zero-order valence-electron chi connectivity index (χ0n) is 16.8. The minimum Gasteiger partial charge on any atom is -0.469 e. The Morgan fingerprint density at radius 1 is 1.07 bits per heavy atom. The minimum atomic E-state index is 0.381. The SMILES string of the molecule is S=C(Nc1ccccc1Br)OCCN1CCCC12CCC(c1ccccc1)CC2. The quantitative estimate of drug-likeness (QED) is 0.511. The van der Waals surface area contributed by atoms with Crippen LogP contribution in [0, 0.1) is 0 Å². The lowest BCUT2D eigenvalue weighted by Crippen LogP contribution is -2.47. The average molecular weight is 473 g/mol. The Morgan fingerprint density at radius 3 is 2.55 bits per heavy atom. The maximum absolute atomic E-state index is 5.85. The second kappa shape index (κ2) is 9.59. The molecule has 0 unspecified atom stereocenters. The summed E-state index contributed by atoms with van der Waals surface area (Å²) < 4.78 is 6.83. The Labute approximate surface area is 188 Å². The third-order valence-electron chi connectivity index (χ3n) is 6.63. The fourth-order valence-corrected chi connectivity index (χ4v) is 5.66. The number of thiocarbonyl (C=S) groups is 1. The lowest BCUT2D eigenvalue weighted by Gasteiger charge is -2.44. The maximum Gasteiger partial charge on any atom is 0.261 e. The molecule has 154 valence electrons. The fraction of sp³-hybridized carbons (Fsp3) is 0.458. The van der Waals surface area contributed by atoms with Gasteiger partial charge in [-0.15, -0.1) is 0 Å². The number of para-hydroxylation sites is 1. The van der Waals surface area contributed by atoms with Gasteiger partial charge in [-0.3, -0.25) is 4.90 Å². The van der Waals surface area contributed by atoms with Crippen molar-refractivity contribution >= 4 is 39.0 Å². The van der Waals surface area contributed by atoms with E-state index in [2.05, 4.69) is 56.5 Å². The van der Waals surface area contributed by atoms with Gasteiger partial charge in [-0.1, -0.05) is 42.5 Å². The van der Waals surface area contributed by atoms with Gasteiger partial charge in [-0.05, 0) is 96.8 Å². The van der Waals surface area contributed by atoms with Crippen molar-refractivity contribution in [2.75, 3.05) is 25.0 Å². The number of benzene rings is 2. The first-order valence-electron chi connectivity index (χ1n) is 10.6. The van der Waals surface area contributed by atoms with Gasteiger partial charge in [0.05, 0.1) is 5.69 Å². The summed E-state index contributed by atoms with van der Waals surface area (Å²) >= 11 is 8.91. The molecule has 29 heavy (non-hydrogen) atoms. The average Bonchev–Trinajstić information content (AvgIpc) is 3.13. The molecule has 1 saturated carbocycles. The molecule has 1 spiro atoms. The number of ether oxygens (including phenoxy) is 1. The molecule has 2 aliphatic rings. The molecule has 0 aromatic heterocycles. The second-order valence-electron chi connectivity index (χ2n) is 8.24. The molecule has 0 radical (unpaired) electrons. The van der Waals surface area contributed by atoms with Gasteiger partial charge in [0.25, 0.3) is 5.17 Å². The summed E-state index contributed by atoms with van der Waals surface area (Å²) in [5.41, 5.74) is 2.83. The highest BCUT2D eigenvalue weighted by Gasteiger charge is 2.43. The molecular weight excluding hydrogens is 444 g/mol. The summed E-state index contributed by atoms with van der Waals surface area (Å²) in [6.45, 7) is 2.78. The van der Waals surface area contributed by atoms with Crippen LogP contribution in [0.5, 0.6) is 0 Å². The molecule has 0 bridgehead atoms. The van der Waals surface area contributed by atoms with E-state index in [1.165, 1.54) is 50.6 Å². The summed E-state index contributed by atoms with van der Waals surface area (Å²) in [5.74, 6) is 0.724. The highest BCUT2D eigenvalue weighted by Crippen LogP contribution is 2.46. The molecule has 5 heteroatoms. The predicted molar refractivity (Wildman–Crippen MR) is 128 cm³/mol. The number of hydrogen-bond donors (Lipinski definition) is 1. The zero-order valence-corrected chi connectivity index (χ0v) is 19.2. The first-order chi connectivity index (χ1) is 14.2. The number of nitrogens with one attached hydrogen (secondary N) is 1. The molecule has 2 aromatic rings. The van der Waals surface area contributed by atoms with E-state index in [0.717, 1.165) is 22.6 Å². The van der Waals surface area contributed by atoms with Gasteiger partial charge in [0.1, 0.15) is 6.61 Å². The van der Waals surface area contributed by atoms with Crippen molar-refractivity contribution in [1.82, 2.24) is 4.90 Å². The largest absolute Gasteiger partial charge is 0.469 e. The molecule has 1 N–H and O–H groups in total. The number of likely N-dealkylation sites (tertiary alicyclic amines) is 1. The first kappa shape index (κ1) is 20.8. The summed E-state index contributed by atoms with van der Waals surface area (Å²) in [6.07, 6.45) is 7.81. The smallest absolute Gasteiger partial charge is 0.261 e. The molecular formula is C24H29BrN2OS. The lowest BCUT2D eigenvalue weighted by atomic mass is 9.73. The highest BCUT2D eigenvalue weighted by molar-refractivity contribution is 9.10. The fourth-order valence-electron chi connectivity index (χ4n) is 5.08. The summed E-state index contributed by atoms with van der Waals surface area (Å²) in [5, 5.41) is 3.62. The van der Waals surface area contributed by atoms with E-state index < -0.39 is 0 Å². The number of hydrogen-bond acceptors (Lipinski definition) is 3. The van der Waals surface area contributed by atoms with Crippen molar-refractivity contribution in [2.45, 2.75) is 50.0 Å². The van der Waals surface area contributed by atoms with E-state index in [0.29, 0.717) is 17.3 Å². The molecule has 1 heterocycles. The van der Waals surface area contributed by atoms with Crippen LogP contribution < -0.4 is 5.32 Å². The van der Waals surface area contributed by atoms with E-state index in [1.807, 2.05) is 24.3 Å². The Kier molecular flexibility index (Phi) is 6.88. The van der Waals surface area contributed by atoms with Gasteiger partial charge in [0, 0.05) is 16.6 Å². The van der Waals surface area contributed by atoms with Crippen LogP contribution in [0.2, 0.25) is 0 Å². The number of rotatable bonds is 5. The molecule has 0 atom stereocenters. The van der Waals surface area contributed by atoms with Crippen molar-refractivity contribution in [3.05, 3.63) is 64.6 Å². The standard InChI is InChI=1S/C24H29BrN2OS/c25-21-9-4-5-10-22(21)26-23(29)28-18-17-27-16-6-13-24(27)14-11-20(12-15-24)19-7-2-1-3-8-19/h1-5,7-10,20H,6,11-18H2,(H,26,29). The van der Waals surface area contributed by atoms with E-state index in [4.69, 9.17) is 17.0 Å². The Bertz CT molecular complexity index is 821. The van der Waals surface area contributed by atoms with Gasteiger partial charge in [-0.25, -0.2) is 0 Å². The third kappa shape index (κ3) is 5.01. The number of halogens is 1. The lowest BCUT2D eigenvalue weighted by molar-refractivity contribution is 0.0712. The van der Waals surface area contributed by atoms with Gasteiger partial charge in [-0.2, -0.15) is 0 Å². The van der Waals surface area contributed by atoms with Crippen LogP contribution in [-0.4, -0.2) is 35.3 Å². The topological polar surface area (TPSA) is 24.5 Å². The van der Waals surface area contributed by atoms with Crippen LogP contribution in [0.4, 0.5) is 5.69 Å². The molecule has 1 aliphatic carbocycles. The highest BCUT2D eigenvalue weighted by atomic mass is 79.9. The molecule has 2 fully saturated rings. The maximum atomic E-state index is 5.85. The predicted octanol–water partition coefficient (Wildman–Crippen LogP) is 6.35.